The first kappa shape index (κ1) is 11.3. The Morgan fingerprint density at radius 2 is 2.22 bits per heavy atom. The Balaban J connectivity index is 1.93. The normalized spacial score (nSPS) is 18.2. The van der Waals surface area contributed by atoms with Crippen molar-refractivity contribution in [3.63, 3.8) is 0 Å². The van der Waals surface area contributed by atoms with Gasteiger partial charge < -0.3 is 10.5 Å². The van der Waals surface area contributed by atoms with E-state index in [2.05, 4.69) is 30.1 Å². The zero-order chi connectivity index (χ0) is 12.8. The molecule has 0 fully saturated rings. The van der Waals surface area contributed by atoms with Crippen molar-refractivity contribution in [2.75, 3.05) is 0 Å². The van der Waals surface area contributed by atoms with E-state index in [1.54, 1.807) is 6.20 Å². The fourth-order valence-electron chi connectivity index (χ4n) is 2.45. The lowest BCUT2D eigenvalue weighted by Gasteiger charge is -2.16. The van der Waals surface area contributed by atoms with Crippen molar-refractivity contribution < 1.29 is 4.74 Å². The zero-order valence-electron chi connectivity index (χ0n) is 10.6. The van der Waals surface area contributed by atoms with E-state index < -0.39 is 0 Å². The van der Waals surface area contributed by atoms with Gasteiger partial charge in [0.15, 0.2) is 0 Å². The number of nitrogens with one attached hydrogen (secondary N) is 1. The van der Waals surface area contributed by atoms with Crippen LogP contribution in [0.5, 0.6) is 5.75 Å². The third-order valence-corrected chi connectivity index (χ3v) is 3.32. The number of hydrogen-bond acceptors (Lipinski definition) is 3. The van der Waals surface area contributed by atoms with Crippen LogP contribution in [0.1, 0.15) is 36.6 Å². The first-order valence-electron chi connectivity index (χ1n) is 6.11. The summed E-state index contributed by atoms with van der Waals surface area (Å²) in [6, 6.07) is 6.04. The Morgan fingerprint density at radius 1 is 1.39 bits per heavy atom. The summed E-state index contributed by atoms with van der Waals surface area (Å²) in [7, 11) is 0. The summed E-state index contributed by atoms with van der Waals surface area (Å²) in [6.45, 7) is 4.20. The lowest BCUT2D eigenvalue weighted by Crippen LogP contribution is -2.24. The average molecular weight is 243 g/mol. The number of benzene rings is 1. The van der Waals surface area contributed by atoms with Crippen LogP contribution >= 0.6 is 0 Å². The Kier molecular flexibility index (Phi) is 2.41. The van der Waals surface area contributed by atoms with Crippen molar-refractivity contribution in [3.8, 4) is 5.75 Å². The molecule has 0 saturated carbocycles. The molecule has 0 radical (unpaired) electrons. The highest BCUT2D eigenvalue weighted by atomic mass is 16.5. The van der Waals surface area contributed by atoms with Crippen LogP contribution in [-0.4, -0.2) is 15.8 Å². The number of H-pyrrole nitrogens is 1. The van der Waals surface area contributed by atoms with Crippen molar-refractivity contribution in [2.24, 2.45) is 5.73 Å². The van der Waals surface area contributed by atoms with E-state index in [1.807, 2.05) is 18.3 Å². The molecule has 1 aromatic heterocycles. The minimum Gasteiger partial charge on any atom is -0.487 e. The van der Waals surface area contributed by atoms with Crippen molar-refractivity contribution in [3.05, 3.63) is 47.3 Å². The second kappa shape index (κ2) is 3.85. The maximum absolute atomic E-state index is 6.22. The molecule has 4 nitrogen and oxygen atoms in total. The third kappa shape index (κ3) is 1.88. The van der Waals surface area contributed by atoms with Crippen LogP contribution in [-0.2, 0) is 6.42 Å². The summed E-state index contributed by atoms with van der Waals surface area (Å²) in [5, 5.41) is 6.73. The van der Waals surface area contributed by atoms with Crippen molar-refractivity contribution >= 4 is 0 Å². The topological polar surface area (TPSA) is 63.9 Å². The van der Waals surface area contributed by atoms with E-state index in [1.165, 1.54) is 5.56 Å². The van der Waals surface area contributed by atoms with Gasteiger partial charge in [-0.2, -0.15) is 5.10 Å². The number of hydrogen-bond donors (Lipinski definition) is 2. The van der Waals surface area contributed by atoms with Gasteiger partial charge in [-0.25, -0.2) is 0 Å². The zero-order valence-corrected chi connectivity index (χ0v) is 10.6. The number of nitrogens with zero attached hydrogens (tertiary/aromatic N) is 1. The summed E-state index contributed by atoms with van der Waals surface area (Å²) < 4.78 is 5.86. The van der Waals surface area contributed by atoms with E-state index in [0.29, 0.717) is 0 Å². The van der Waals surface area contributed by atoms with E-state index in [9.17, 15) is 0 Å². The molecule has 1 unspecified atom stereocenters. The molecule has 3 N–H and O–H groups in total. The maximum Gasteiger partial charge on any atom is 0.123 e. The number of ether oxygens (including phenoxy) is 1. The van der Waals surface area contributed by atoms with Gasteiger partial charge in [0.1, 0.15) is 11.4 Å². The van der Waals surface area contributed by atoms with Gasteiger partial charge in [0.2, 0.25) is 0 Å². The van der Waals surface area contributed by atoms with E-state index >= 15 is 0 Å². The Bertz CT molecular complexity index is 560. The second-order valence-corrected chi connectivity index (χ2v) is 5.41. The molecule has 2 heterocycles. The predicted octanol–water partition coefficient (Wildman–Crippen LogP) is 2.17. The molecular weight excluding hydrogens is 226 g/mol. The SMILES string of the molecule is CC1(C)Cc2cc(C(N)c3cn[nH]c3)ccc2O1. The molecule has 0 spiro atoms. The van der Waals surface area contributed by atoms with Crippen LogP contribution in [0.4, 0.5) is 0 Å². The molecule has 1 aromatic carbocycles. The van der Waals surface area contributed by atoms with Crippen LogP contribution in [0.25, 0.3) is 0 Å². The monoisotopic (exact) mass is 243 g/mol. The molecule has 1 atom stereocenters. The number of rotatable bonds is 2. The highest BCUT2D eigenvalue weighted by Crippen LogP contribution is 2.36. The molecule has 4 heteroatoms. The molecule has 1 aliphatic heterocycles. The van der Waals surface area contributed by atoms with Gasteiger partial charge in [0, 0.05) is 18.2 Å². The van der Waals surface area contributed by atoms with Crippen LogP contribution < -0.4 is 10.5 Å². The Hall–Kier alpha value is -1.81. The van der Waals surface area contributed by atoms with Gasteiger partial charge in [0.05, 0.1) is 12.2 Å². The van der Waals surface area contributed by atoms with E-state index in [-0.39, 0.29) is 11.6 Å². The van der Waals surface area contributed by atoms with Crippen LogP contribution in [0.15, 0.2) is 30.6 Å². The number of aromatic nitrogens is 2. The standard InChI is InChI=1S/C14H17N3O/c1-14(2)6-10-5-9(3-4-12(10)18-14)13(15)11-7-16-17-8-11/h3-5,7-8,13H,6,15H2,1-2H3,(H,16,17). The van der Waals surface area contributed by atoms with Crippen molar-refractivity contribution in [1.29, 1.82) is 0 Å². The molecule has 0 saturated heterocycles. The summed E-state index contributed by atoms with van der Waals surface area (Å²) in [4.78, 5) is 0. The van der Waals surface area contributed by atoms with E-state index in [4.69, 9.17) is 10.5 Å². The minimum absolute atomic E-state index is 0.110. The van der Waals surface area contributed by atoms with Gasteiger partial charge in [0.25, 0.3) is 0 Å². The molecule has 2 aromatic rings. The maximum atomic E-state index is 6.22. The fourth-order valence-corrected chi connectivity index (χ4v) is 2.45. The largest absolute Gasteiger partial charge is 0.487 e. The van der Waals surface area contributed by atoms with Gasteiger partial charge in [-0.3, -0.25) is 5.10 Å². The highest BCUT2D eigenvalue weighted by Gasteiger charge is 2.30. The van der Waals surface area contributed by atoms with Crippen molar-refractivity contribution in [1.82, 2.24) is 10.2 Å². The molecule has 94 valence electrons. The predicted molar refractivity (Wildman–Crippen MR) is 69.5 cm³/mol. The second-order valence-electron chi connectivity index (χ2n) is 5.41. The van der Waals surface area contributed by atoms with E-state index in [0.717, 1.165) is 23.3 Å². The summed E-state index contributed by atoms with van der Waals surface area (Å²) >= 11 is 0. The van der Waals surface area contributed by atoms with Crippen molar-refractivity contribution in [2.45, 2.75) is 31.9 Å². The summed E-state index contributed by atoms with van der Waals surface area (Å²) in [5.41, 5.74) is 9.43. The Morgan fingerprint density at radius 3 is 2.94 bits per heavy atom. The lowest BCUT2D eigenvalue weighted by molar-refractivity contribution is 0.138. The van der Waals surface area contributed by atoms with Gasteiger partial charge >= 0.3 is 0 Å². The van der Waals surface area contributed by atoms with Gasteiger partial charge in [-0.1, -0.05) is 12.1 Å². The third-order valence-electron chi connectivity index (χ3n) is 3.32. The minimum atomic E-state index is -0.141. The van der Waals surface area contributed by atoms with Crippen LogP contribution in [0, 0.1) is 0 Å². The molecule has 18 heavy (non-hydrogen) atoms. The first-order chi connectivity index (χ1) is 8.55. The number of fused-ring (bicyclic) bond motifs is 1. The summed E-state index contributed by atoms with van der Waals surface area (Å²) in [5.74, 6) is 0.975. The Labute approximate surface area is 106 Å². The smallest absolute Gasteiger partial charge is 0.123 e. The molecule has 1 aliphatic rings. The molecular formula is C14H17N3O. The lowest BCUT2D eigenvalue weighted by atomic mass is 9.96. The molecule has 0 aliphatic carbocycles. The average Bonchev–Trinajstić information content (AvgIpc) is 2.91. The molecule has 0 amide bonds. The molecule has 0 bridgehead atoms. The number of nitrogens with two attached hydrogens (primary N) is 1. The van der Waals surface area contributed by atoms with Gasteiger partial charge in [-0.15, -0.1) is 0 Å². The summed E-state index contributed by atoms with van der Waals surface area (Å²) in [6.07, 6.45) is 4.52. The molecule has 3 rings (SSSR count). The van der Waals surface area contributed by atoms with Gasteiger partial charge in [-0.05, 0) is 31.0 Å². The quantitative estimate of drug-likeness (QED) is 0.849. The fraction of sp³-hybridized carbons (Fsp3) is 0.357. The first-order valence-corrected chi connectivity index (χ1v) is 6.11. The number of aromatic amines is 1. The highest BCUT2D eigenvalue weighted by molar-refractivity contribution is 5.44. The van der Waals surface area contributed by atoms with Crippen LogP contribution in [0.3, 0.4) is 0 Å². The van der Waals surface area contributed by atoms with Crippen LogP contribution in [0.2, 0.25) is 0 Å².